The lowest BCUT2D eigenvalue weighted by atomic mass is 10.2. The molecule has 0 saturated carbocycles. The first-order chi connectivity index (χ1) is 8.90. The van der Waals surface area contributed by atoms with Crippen molar-refractivity contribution < 1.29 is 23.1 Å². The zero-order valence-corrected chi connectivity index (χ0v) is 10.0. The van der Waals surface area contributed by atoms with E-state index in [1.807, 2.05) is 0 Å². The van der Waals surface area contributed by atoms with Crippen LogP contribution in [0.1, 0.15) is 6.92 Å². The molecule has 19 heavy (non-hydrogen) atoms. The van der Waals surface area contributed by atoms with Gasteiger partial charge >= 0.3 is 12.6 Å². The minimum atomic E-state index is -3.00. The summed E-state index contributed by atoms with van der Waals surface area (Å²) in [6, 6.07) is 3.94. The van der Waals surface area contributed by atoms with E-state index in [9.17, 15) is 18.4 Å². The highest BCUT2D eigenvalue weighted by Crippen LogP contribution is 2.25. The molecule has 1 aromatic carbocycles. The van der Waals surface area contributed by atoms with Crippen LogP contribution < -0.4 is 21.1 Å². The predicted molar refractivity (Wildman–Crippen MR) is 63.9 cm³/mol. The van der Waals surface area contributed by atoms with Crippen molar-refractivity contribution in [2.45, 2.75) is 19.6 Å². The molecule has 0 aliphatic heterocycles. The highest BCUT2D eigenvalue weighted by Gasteiger charge is 2.17. The Morgan fingerprint density at radius 3 is 2.53 bits per heavy atom. The number of alkyl halides is 2. The van der Waals surface area contributed by atoms with Gasteiger partial charge in [-0.05, 0) is 19.1 Å². The van der Waals surface area contributed by atoms with Gasteiger partial charge in [-0.1, -0.05) is 12.1 Å². The number of primary amides is 1. The SMILES string of the molecule is CC(NC(N)=O)C(=O)Nc1ccccc1OC(F)F. The van der Waals surface area contributed by atoms with Crippen molar-refractivity contribution in [1.29, 1.82) is 0 Å². The van der Waals surface area contributed by atoms with E-state index in [2.05, 4.69) is 15.4 Å². The number of halogens is 2. The number of urea groups is 1. The first kappa shape index (κ1) is 14.7. The fraction of sp³-hybridized carbons (Fsp3) is 0.273. The van der Waals surface area contributed by atoms with Gasteiger partial charge < -0.3 is 21.1 Å². The fourth-order valence-corrected chi connectivity index (χ4v) is 1.29. The Morgan fingerprint density at radius 2 is 1.95 bits per heavy atom. The zero-order chi connectivity index (χ0) is 14.4. The number of hydrogen-bond donors (Lipinski definition) is 3. The van der Waals surface area contributed by atoms with Crippen molar-refractivity contribution in [3.05, 3.63) is 24.3 Å². The van der Waals surface area contributed by atoms with E-state index in [1.165, 1.54) is 25.1 Å². The maximum atomic E-state index is 12.2. The van der Waals surface area contributed by atoms with Gasteiger partial charge in [-0.25, -0.2) is 4.79 Å². The number of nitrogens with one attached hydrogen (secondary N) is 2. The van der Waals surface area contributed by atoms with Gasteiger partial charge in [0.2, 0.25) is 5.91 Å². The number of rotatable bonds is 5. The average Bonchev–Trinajstić information content (AvgIpc) is 2.30. The molecule has 0 fully saturated rings. The number of nitrogens with two attached hydrogens (primary N) is 1. The Balaban J connectivity index is 2.76. The summed E-state index contributed by atoms with van der Waals surface area (Å²) in [5.41, 5.74) is 4.94. The maximum Gasteiger partial charge on any atom is 0.387 e. The number of ether oxygens (including phenoxy) is 1. The van der Waals surface area contributed by atoms with Crippen molar-refractivity contribution in [3.63, 3.8) is 0 Å². The minimum absolute atomic E-state index is 0.0749. The van der Waals surface area contributed by atoms with Crippen molar-refractivity contribution >= 4 is 17.6 Å². The number of hydrogen-bond acceptors (Lipinski definition) is 3. The molecule has 0 bridgehead atoms. The number of carbonyl (C=O) groups excluding carboxylic acids is 2. The molecule has 0 aliphatic rings. The van der Waals surface area contributed by atoms with Crippen LogP contribution in [-0.2, 0) is 4.79 Å². The summed E-state index contributed by atoms with van der Waals surface area (Å²) in [6.45, 7) is -1.60. The third kappa shape index (κ3) is 4.78. The Labute approximate surface area is 107 Å². The van der Waals surface area contributed by atoms with Gasteiger partial charge in [0, 0.05) is 0 Å². The second-order valence-corrected chi connectivity index (χ2v) is 3.59. The van der Waals surface area contributed by atoms with Crippen LogP contribution in [0.3, 0.4) is 0 Å². The van der Waals surface area contributed by atoms with Crippen LogP contribution in [0.25, 0.3) is 0 Å². The molecule has 1 rings (SSSR count). The summed E-state index contributed by atoms with van der Waals surface area (Å²) in [5, 5.41) is 4.51. The van der Waals surface area contributed by atoms with Gasteiger partial charge in [0.1, 0.15) is 11.8 Å². The first-order valence-corrected chi connectivity index (χ1v) is 5.31. The molecule has 8 heteroatoms. The molecular weight excluding hydrogens is 260 g/mol. The normalized spacial score (nSPS) is 11.8. The third-order valence-corrected chi connectivity index (χ3v) is 2.11. The molecule has 0 aromatic heterocycles. The van der Waals surface area contributed by atoms with E-state index >= 15 is 0 Å². The van der Waals surface area contributed by atoms with Crippen LogP contribution in [0.4, 0.5) is 19.3 Å². The molecule has 3 amide bonds. The summed E-state index contributed by atoms with van der Waals surface area (Å²) in [5.74, 6) is -0.777. The van der Waals surface area contributed by atoms with E-state index < -0.39 is 24.6 Å². The molecule has 0 saturated heterocycles. The van der Waals surface area contributed by atoms with Gasteiger partial charge in [0.25, 0.3) is 0 Å². The Hall–Kier alpha value is -2.38. The van der Waals surface area contributed by atoms with Crippen molar-refractivity contribution in [1.82, 2.24) is 5.32 Å². The van der Waals surface area contributed by atoms with Crippen LogP contribution >= 0.6 is 0 Å². The largest absolute Gasteiger partial charge is 0.433 e. The van der Waals surface area contributed by atoms with Crippen LogP contribution in [0, 0.1) is 0 Å². The molecule has 0 radical (unpaired) electrons. The Kier molecular flexibility index (Phi) is 5.04. The standard InChI is InChI=1S/C11H13F2N3O3/c1-6(15-11(14)18)9(17)16-7-4-2-3-5-8(7)19-10(12)13/h2-6,10H,1H3,(H,16,17)(H3,14,15,18). The highest BCUT2D eigenvalue weighted by molar-refractivity contribution is 5.97. The first-order valence-electron chi connectivity index (χ1n) is 5.31. The van der Waals surface area contributed by atoms with Crippen LogP contribution in [0.15, 0.2) is 24.3 Å². The number of benzene rings is 1. The molecule has 1 unspecified atom stereocenters. The molecule has 0 spiro atoms. The predicted octanol–water partition coefficient (Wildman–Crippen LogP) is 1.28. The highest BCUT2D eigenvalue weighted by atomic mass is 19.3. The van der Waals surface area contributed by atoms with Crippen molar-refractivity contribution in [2.24, 2.45) is 5.73 Å². The summed E-state index contributed by atoms with van der Waals surface area (Å²) in [4.78, 5) is 22.2. The summed E-state index contributed by atoms with van der Waals surface area (Å²) >= 11 is 0. The maximum absolute atomic E-state index is 12.2. The fourth-order valence-electron chi connectivity index (χ4n) is 1.29. The monoisotopic (exact) mass is 273 g/mol. The minimum Gasteiger partial charge on any atom is -0.433 e. The second kappa shape index (κ2) is 6.53. The van der Waals surface area contributed by atoms with Gasteiger partial charge in [0.05, 0.1) is 5.69 Å². The molecule has 104 valence electrons. The second-order valence-electron chi connectivity index (χ2n) is 3.59. The van der Waals surface area contributed by atoms with E-state index in [0.717, 1.165) is 0 Å². The van der Waals surface area contributed by atoms with Gasteiger partial charge in [-0.2, -0.15) is 8.78 Å². The lowest BCUT2D eigenvalue weighted by molar-refractivity contribution is -0.117. The zero-order valence-electron chi connectivity index (χ0n) is 10.0. The molecule has 1 atom stereocenters. The molecule has 4 N–H and O–H groups in total. The van der Waals surface area contributed by atoms with Gasteiger partial charge in [-0.15, -0.1) is 0 Å². The van der Waals surface area contributed by atoms with Crippen molar-refractivity contribution in [2.75, 3.05) is 5.32 Å². The Bertz CT molecular complexity index is 468. The van der Waals surface area contributed by atoms with E-state index in [0.29, 0.717) is 0 Å². The molecule has 0 aliphatic carbocycles. The lowest BCUT2D eigenvalue weighted by Gasteiger charge is -2.15. The number of anilines is 1. The van der Waals surface area contributed by atoms with Gasteiger partial charge in [-0.3, -0.25) is 4.79 Å². The molecule has 0 heterocycles. The third-order valence-electron chi connectivity index (χ3n) is 2.11. The lowest BCUT2D eigenvalue weighted by Crippen LogP contribution is -2.44. The average molecular weight is 273 g/mol. The van der Waals surface area contributed by atoms with Crippen LogP contribution in [0.2, 0.25) is 0 Å². The quantitative estimate of drug-likeness (QED) is 0.754. The summed E-state index contributed by atoms with van der Waals surface area (Å²) in [7, 11) is 0. The van der Waals surface area contributed by atoms with E-state index in [4.69, 9.17) is 5.73 Å². The topological polar surface area (TPSA) is 93.5 Å². The summed E-state index contributed by atoms with van der Waals surface area (Å²) < 4.78 is 28.6. The molecular formula is C11H13F2N3O3. The van der Waals surface area contributed by atoms with E-state index in [1.54, 1.807) is 6.07 Å². The Morgan fingerprint density at radius 1 is 1.32 bits per heavy atom. The number of carbonyl (C=O) groups is 2. The van der Waals surface area contributed by atoms with Gasteiger partial charge in [0.15, 0.2) is 0 Å². The van der Waals surface area contributed by atoms with Crippen LogP contribution in [-0.4, -0.2) is 24.6 Å². The number of amides is 3. The molecule has 6 nitrogen and oxygen atoms in total. The summed E-state index contributed by atoms with van der Waals surface area (Å²) in [6.07, 6.45) is 0. The number of para-hydroxylation sites is 2. The van der Waals surface area contributed by atoms with Crippen LogP contribution in [0.5, 0.6) is 5.75 Å². The van der Waals surface area contributed by atoms with E-state index in [-0.39, 0.29) is 11.4 Å². The molecule has 1 aromatic rings. The smallest absolute Gasteiger partial charge is 0.387 e. The van der Waals surface area contributed by atoms with Crippen molar-refractivity contribution in [3.8, 4) is 5.75 Å².